The topological polar surface area (TPSA) is 26.3 Å². The van der Waals surface area contributed by atoms with Crippen LogP contribution in [0.5, 0.6) is 0 Å². The second kappa shape index (κ2) is 8.18. The zero-order valence-corrected chi connectivity index (χ0v) is 16.8. The molecule has 1 aromatic rings. The van der Waals surface area contributed by atoms with Gasteiger partial charge in [0.15, 0.2) is 0 Å². The molecule has 0 aromatic heterocycles. The average Bonchev–Trinajstić information content (AvgIpc) is 3.00. The summed E-state index contributed by atoms with van der Waals surface area (Å²) < 4.78 is 11.9. The molecule has 2 aliphatic rings. The molecular formula is C22H33NOS. The fourth-order valence-corrected chi connectivity index (χ4v) is 5.46. The Labute approximate surface area is 156 Å². The number of benzene rings is 1. The lowest BCUT2D eigenvalue weighted by Crippen LogP contribution is -2.33. The van der Waals surface area contributed by atoms with Crippen molar-refractivity contribution in [3.8, 4) is 0 Å². The number of nitrogens with zero attached hydrogens (tertiary/aromatic N) is 1. The maximum absolute atomic E-state index is 11.9. The molecule has 1 aliphatic carbocycles. The SMILES string of the molecule is C=C(CCC[S+]([O-])CCC)c1ccc(C)cc1N1CCC2(CCC2)C1. The monoisotopic (exact) mass is 359 g/mol. The number of anilines is 1. The third kappa shape index (κ3) is 4.43. The Morgan fingerprint density at radius 3 is 2.72 bits per heavy atom. The summed E-state index contributed by atoms with van der Waals surface area (Å²) >= 11 is -0.659. The zero-order valence-electron chi connectivity index (χ0n) is 16.0. The zero-order chi connectivity index (χ0) is 17.9. The van der Waals surface area contributed by atoms with Crippen molar-refractivity contribution in [2.24, 2.45) is 5.41 Å². The van der Waals surface area contributed by atoms with E-state index in [0.717, 1.165) is 30.8 Å². The van der Waals surface area contributed by atoms with Gasteiger partial charge in [-0.05, 0) is 68.1 Å². The van der Waals surface area contributed by atoms with E-state index in [-0.39, 0.29) is 0 Å². The Morgan fingerprint density at radius 1 is 1.28 bits per heavy atom. The fourth-order valence-electron chi connectivity index (χ4n) is 4.34. The highest BCUT2D eigenvalue weighted by Gasteiger charge is 2.43. The lowest BCUT2D eigenvalue weighted by atomic mass is 9.68. The van der Waals surface area contributed by atoms with Gasteiger partial charge in [-0.25, -0.2) is 0 Å². The van der Waals surface area contributed by atoms with E-state index >= 15 is 0 Å². The molecule has 3 heteroatoms. The van der Waals surface area contributed by atoms with Crippen LogP contribution in [0.4, 0.5) is 5.69 Å². The van der Waals surface area contributed by atoms with Gasteiger partial charge in [0.1, 0.15) is 11.5 Å². The molecule has 1 aliphatic heterocycles. The van der Waals surface area contributed by atoms with Crippen LogP contribution in [-0.2, 0) is 11.2 Å². The number of hydrogen-bond donors (Lipinski definition) is 0. The van der Waals surface area contributed by atoms with Gasteiger partial charge in [0.25, 0.3) is 0 Å². The normalized spacial score (nSPS) is 19.9. The third-order valence-electron chi connectivity index (χ3n) is 6.01. The highest BCUT2D eigenvalue weighted by atomic mass is 32.2. The summed E-state index contributed by atoms with van der Waals surface area (Å²) in [6.07, 6.45) is 8.52. The van der Waals surface area contributed by atoms with E-state index in [1.165, 1.54) is 61.2 Å². The summed E-state index contributed by atoms with van der Waals surface area (Å²) in [5.74, 6) is 1.64. The molecule has 1 saturated heterocycles. The van der Waals surface area contributed by atoms with Crippen molar-refractivity contribution in [2.45, 2.75) is 58.8 Å². The van der Waals surface area contributed by atoms with Crippen molar-refractivity contribution < 1.29 is 4.55 Å². The molecule has 0 radical (unpaired) electrons. The van der Waals surface area contributed by atoms with Crippen LogP contribution in [0.1, 0.15) is 63.0 Å². The van der Waals surface area contributed by atoms with Gasteiger partial charge in [0, 0.05) is 24.3 Å². The smallest absolute Gasteiger partial charge is 0.105 e. The van der Waals surface area contributed by atoms with Gasteiger partial charge in [-0.2, -0.15) is 0 Å². The van der Waals surface area contributed by atoms with Gasteiger partial charge in [0.2, 0.25) is 0 Å². The molecule has 0 bridgehead atoms. The molecular weight excluding hydrogens is 326 g/mol. The second-order valence-electron chi connectivity index (χ2n) is 8.10. The van der Waals surface area contributed by atoms with Crippen LogP contribution in [0.15, 0.2) is 24.8 Å². The molecule has 1 spiro atoms. The number of allylic oxidation sites excluding steroid dienone is 1. The first-order chi connectivity index (χ1) is 12.0. The molecule has 1 heterocycles. The van der Waals surface area contributed by atoms with E-state index < -0.39 is 11.2 Å². The van der Waals surface area contributed by atoms with E-state index in [9.17, 15) is 4.55 Å². The summed E-state index contributed by atoms with van der Waals surface area (Å²) in [5.41, 5.74) is 5.83. The second-order valence-corrected chi connectivity index (χ2v) is 9.80. The molecule has 3 rings (SSSR count). The largest absolute Gasteiger partial charge is 0.616 e. The Balaban J connectivity index is 1.65. The van der Waals surface area contributed by atoms with Crippen molar-refractivity contribution in [1.82, 2.24) is 0 Å². The van der Waals surface area contributed by atoms with E-state index in [1.54, 1.807) is 0 Å². The van der Waals surface area contributed by atoms with Crippen LogP contribution in [-0.4, -0.2) is 29.1 Å². The molecule has 1 atom stereocenters. The third-order valence-corrected chi connectivity index (χ3v) is 7.62. The standard InChI is InChI=1S/C22H33NOS/c1-4-14-25(24)15-5-7-19(3)20-9-8-18(2)16-21(20)23-13-12-22(17-23)10-6-11-22/h8-9,16H,3-7,10-15,17H2,1-2H3. The minimum Gasteiger partial charge on any atom is -0.616 e. The van der Waals surface area contributed by atoms with Crippen LogP contribution >= 0.6 is 0 Å². The Bertz CT molecular complexity index is 608. The van der Waals surface area contributed by atoms with Crippen LogP contribution < -0.4 is 4.90 Å². The van der Waals surface area contributed by atoms with Gasteiger partial charge in [-0.15, -0.1) is 0 Å². The maximum atomic E-state index is 11.9. The van der Waals surface area contributed by atoms with Crippen LogP contribution in [0.2, 0.25) is 0 Å². The lowest BCUT2D eigenvalue weighted by molar-refractivity contribution is 0.165. The van der Waals surface area contributed by atoms with Gasteiger partial charge < -0.3 is 9.45 Å². The van der Waals surface area contributed by atoms with Crippen molar-refractivity contribution >= 4 is 22.4 Å². The van der Waals surface area contributed by atoms with Crippen molar-refractivity contribution in [1.29, 1.82) is 0 Å². The summed E-state index contributed by atoms with van der Waals surface area (Å²) in [7, 11) is 0. The van der Waals surface area contributed by atoms with E-state index in [1.807, 2.05) is 0 Å². The van der Waals surface area contributed by atoms with Crippen molar-refractivity contribution in [3.63, 3.8) is 0 Å². The van der Waals surface area contributed by atoms with Crippen molar-refractivity contribution in [3.05, 3.63) is 35.9 Å². The Morgan fingerprint density at radius 2 is 2.08 bits per heavy atom. The van der Waals surface area contributed by atoms with E-state index in [2.05, 4.69) is 43.5 Å². The Kier molecular flexibility index (Phi) is 6.17. The Hall–Kier alpha value is -0.930. The predicted octanol–water partition coefficient (Wildman–Crippen LogP) is 5.33. The molecule has 2 fully saturated rings. The molecule has 25 heavy (non-hydrogen) atoms. The van der Waals surface area contributed by atoms with E-state index in [4.69, 9.17) is 0 Å². The number of aryl methyl sites for hydroxylation is 1. The molecule has 1 unspecified atom stereocenters. The predicted molar refractivity (Wildman–Crippen MR) is 111 cm³/mol. The summed E-state index contributed by atoms with van der Waals surface area (Å²) in [4.78, 5) is 2.60. The van der Waals surface area contributed by atoms with Gasteiger partial charge >= 0.3 is 0 Å². The van der Waals surface area contributed by atoms with Gasteiger partial charge in [-0.3, -0.25) is 0 Å². The van der Waals surface area contributed by atoms with Crippen molar-refractivity contribution in [2.75, 3.05) is 29.5 Å². The summed E-state index contributed by atoms with van der Waals surface area (Å²) in [6, 6.07) is 6.80. The first-order valence-electron chi connectivity index (χ1n) is 9.92. The van der Waals surface area contributed by atoms with E-state index in [0.29, 0.717) is 5.41 Å². The molecule has 138 valence electrons. The molecule has 2 nitrogen and oxygen atoms in total. The van der Waals surface area contributed by atoms with Crippen LogP contribution in [0, 0.1) is 12.3 Å². The molecule has 0 amide bonds. The van der Waals surface area contributed by atoms with Crippen LogP contribution in [0.3, 0.4) is 0 Å². The first kappa shape index (κ1) is 18.8. The number of rotatable bonds is 8. The number of hydrogen-bond acceptors (Lipinski definition) is 2. The maximum Gasteiger partial charge on any atom is 0.105 e. The van der Waals surface area contributed by atoms with Crippen LogP contribution in [0.25, 0.3) is 5.57 Å². The highest BCUT2D eigenvalue weighted by Crippen LogP contribution is 2.49. The van der Waals surface area contributed by atoms with Gasteiger partial charge in [0.05, 0.1) is 0 Å². The minimum absolute atomic E-state index is 0.611. The van der Waals surface area contributed by atoms with Gasteiger partial charge in [-0.1, -0.05) is 43.2 Å². The quantitative estimate of drug-likeness (QED) is 0.587. The lowest BCUT2D eigenvalue weighted by Gasteiger charge is -2.38. The molecule has 1 aromatic carbocycles. The average molecular weight is 360 g/mol. The minimum atomic E-state index is -0.659. The first-order valence-corrected chi connectivity index (χ1v) is 11.4. The molecule has 0 N–H and O–H groups in total. The highest BCUT2D eigenvalue weighted by molar-refractivity contribution is 7.91. The fraction of sp³-hybridized carbons (Fsp3) is 0.636. The summed E-state index contributed by atoms with van der Waals surface area (Å²) in [5, 5.41) is 0. The summed E-state index contributed by atoms with van der Waals surface area (Å²) in [6.45, 7) is 11.1. The molecule has 1 saturated carbocycles.